The molecule has 1 heteroatoms. The monoisotopic (exact) mass is 143 g/mol. The Bertz CT molecular complexity index is 366. The van der Waals surface area contributed by atoms with E-state index in [0.29, 0.717) is 0 Å². The van der Waals surface area contributed by atoms with Gasteiger partial charge in [-0.05, 0) is 17.4 Å². The molecule has 1 aliphatic carbocycles. The van der Waals surface area contributed by atoms with Crippen LogP contribution in [0.25, 0.3) is 12.2 Å². The normalized spacial score (nSPS) is 20.4. The summed E-state index contributed by atoms with van der Waals surface area (Å²) >= 11 is 0. The molecule has 0 bridgehead atoms. The van der Waals surface area contributed by atoms with E-state index in [1.54, 1.807) is 0 Å². The SMILES string of the molecule is C1=C/C=c2/cc[nH]/c2=C/C=C1. The number of nitrogens with one attached hydrogen (secondary N) is 1. The van der Waals surface area contributed by atoms with E-state index in [0.717, 1.165) is 0 Å². The molecule has 0 fully saturated rings. The lowest BCUT2D eigenvalue weighted by molar-refractivity contribution is 1.32. The minimum Gasteiger partial charge on any atom is -0.361 e. The van der Waals surface area contributed by atoms with Gasteiger partial charge in [-0.3, -0.25) is 0 Å². The van der Waals surface area contributed by atoms with Crippen LogP contribution >= 0.6 is 0 Å². The topological polar surface area (TPSA) is 15.8 Å². The molecule has 0 aromatic carbocycles. The van der Waals surface area contributed by atoms with Crippen LogP contribution in [0.15, 0.2) is 36.6 Å². The summed E-state index contributed by atoms with van der Waals surface area (Å²) in [4.78, 5) is 3.15. The van der Waals surface area contributed by atoms with Crippen molar-refractivity contribution >= 4 is 12.2 Å². The zero-order valence-electron chi connectivity index (χ0n) is 6.12. The fourth-order valence-corrected chi connectivity index (χ4v) is 1.12. The predicted molar refractivity (Wildman–Crippen MR) is 47.3 cm³/mol. The number of hydrogen-bond donors (Lipinski definition) is 1. The van der Waals surface area contributed by atoms with E-state index < -0.39 is 0 Å². The molecule has 0 amide bonds. The lowest BCUT2D eigenvalue weighted by atomic mass is 10.3. The molecule has 11 heavy (non-hydrogen) atoms. The third-order valence-electron chi connectivity index (χ3n) is 1.68. The average molecular weight is 143 g/mol. The summed E-state index contributed by atoms with van der Waals surface area (Å²) in [6.45, 7) is 0. The molecule has 1 nitrogen and oxygen atoms in total. The molecule has 1 N–H and O–H groups in total. The Balaban J connectivity index is 2.80. The van der Waals surface area contributed by atoms with Crippen molar-refractivity contribution in [3.8, 4) is 0 Å². The molecule has 0 aliphatic heterocycles. The van der Waals surface area contributed by atoms with Gasteiger partial charge in [-0.25, -0.2) is 0 Å². The summed E-state index contributed by atoms with van der Waals surface area (Å²) in [5.41, 5.74) is 0. The van der Waals surface area contributed by atoms with E-state index in [2.05, 4.69) is 23.2 Å². The number of allylic oxidation sites excluding steroid dienone is 4. The Morgan fingerprint density at radius 3 is 2.64 bits per heavy atom. The van der Waals surface area contributed by atoms with Crippen molar-refractivity contribution in [2.24, 2.45) is 0 Å². The maximum absolute atomic E-state index is 3.15. The van der Waals surface area contributed by atoms with Gasteiger partial charge >= 0.3 is 0 Å². The van der Waals surface area contributed by atoms with Crippen LogP contribution in [0.3, 0.4) is 0 Å². The van der Waals surface area contributed by atoms with Gasteiger partial charge in [-0.1, -0.05) is 30.4 Å². The first kappa shape index (κ1) is 6.23. The summed E-state index contributed by atoms with van der Waals surface area (Å²) in [6.07, 6.45) is 14.2. The van der Waals surface area contributed by atoms with Gasteiger partial charge in [0.05, 0.1) is 0 Å². The average Bonchev–Trinajstić information content (AvgIpc) is 2.35. The van der Waals surface area contributed by atoms with Crippen LogP contribution < -0.4 is 10.6 Å². The van der Waals surface area contributed by atoms with Gasteiger partial charge in [-0.15, -0.1) is 0 Å². The molecule has 0 saturated carbocycles. The van der Waals surface area contributed by atoms with Crippen LogP contribution in [0.2, 0.25) is 0 Å². The Morgan fingerprint density at radius 1 is 0.909 bits per heavy atom. The predicted octanol–water partition coefficient (Wildman–Crippen LogP) is 0.702. The van der Waals surface area contributed by atoms with Crippen molar-refractivity contribution in [1.82, 2.24) is 4.98 Å². The van der Waals surface area contributed by atoms with Gasteiger partial charge in [0.25, 0.3) is 0 Å². The summed E-state index contributed by atoms with van der Waals surface area (Å²) in [7, 11) is 0. The first-order chi connectivity index (χ1) is 5.47. The van der Waals surface area contributed by atoms with Gasteiger partial charge in [-0.2, -0.15) is 0 Å². The van der Waals surface area contributed by atoms with E-state index in [9.17, 15) is 0 Å². The van der Waals surface area contributed by atoms with Crippen LogP contribution in [0.4, 0.5) is 0 Å². The summed E-state index contributed by atoms with van der Waals surface area (Å²) in [5.74, 6) is 0. The molecule has 2 rings (SSSR count). The molecule has 0 atom stereocenters. The molecule has 1 aromatic rings. The van der Waals surface area contributed by atoms with Crippen molar-refractivity contribution in [3.63, 3.8) is 0 Å². The van der Waals surface area contributed by atoms with Crippen molar-refractivity contribution in [2.75, 3.05) is 0 Å². The Morgan fingerprint density at radius 2 is 1.73 bits per heavy atom. The second-order valence-corrected chi connectivity index (χ2v) is 2.45. The van der Waals surface area contributed by atoms with Gasteiger partial charge < -0.3 is 4.98 Å². The van der Waals surface area contributed by atoms with Gasteiger partial charge in [0.2, 0.25) is 0 Å². The first-order valence-corrected chi connectivity index (χ1v) is 3.65. The molecule has 1 aliphatic rings. The van der Waals surface area contributed by atoms with E-state index in [1.807, 2.05) is 30.5 Å². The lowest BCUT2D eigenvalue weighted by Crippen LogP contribution is -2.21. The fraction of sp³-hybridized carbons (Fsp3) is 0. The van der Waals surface area contributed by atoms with Crippen LogP contribution in [0.5, 0.6) is 0 Å². The molecule has 0 unspecified atom stereocenters. The minimum absolute atomic E-state index is 1.17. The van der Waals surface area contributed by atoms with Crippen LogP contribution in [0, 0.1) is 0 Å². The van der Waals surface area contributed by atoms with Crippen LogP contribution in [-0.4, -0.2) is 4.98 Å². The quantitative estimate of drug-likeness (QED) is 0.550. The lowest BCUT2D eigenvalue weighted by Gasteiger charge is -1.81. The Hall–Kier alpha value is -1.50. The maximum atomic E-state index is 3.15. The molecular weight excluding hydrogens is 134 g/mol. The highest BCUT2D eigenvalue weighted by atomic mass is 14.6. The number of rotatable bonds is 0. The molecule has 54 valence electrons. The zero-order valence-corrected chi connectivity index (χ0v) is 6.12. The van der Waals surface area contributed by atoms with Crippen molar-refractivity contribution in [1.29, 1.82) is 0 Å². The minimum atomic E-state index is 1.17. The number of H-pyrrole nitrogens is 1. The van der Waals surface area contributed by atoms with E-state index in [4.69, 9.17) is 0 Å². The molecule has 0 spiro atoms. The van der Waals surface area contributed by atoms with Crippen molar-refractivity contribution in [3.05, 3.63) is 47.1 Å². The maximum Gasteiger partial charge on any atom is 0.0453 e. The van der Waals surface area contributed by atoms with Gasteiger partial charge in [0.1, 0.15) is 0 Å². The van der Waals surface area contributed by atoms with Crippen molar-refractivity contribution in [2.45, 2.75) is 0 Å². The summed E-state index contributed by atoms with van der Waals surface area (Å²) in [6, 6.07) is 2.06. The van der Waals surface area contributed by atoms with Gasteiger partial charge in [0, 0.05) is 11.5 Å². The first-order valence-electron chi connectivity index (χ1n) is 3.65. The fourth-order valence-electron chi connectivity index (χ4n) is 1.12. The Labute approximate surface area is 65.1 Å². The van der Waals surface area contributed by atoms with Crippen LogP contribution in [0.1, 0.15) is 0 Å². The highest BCUT2D eigenvalue weighted by molar-refractivity contribution is 5.46. The van der Waals surface area contributed by atoms with E-state index >= 15 is 0 Å². The molecule has 0 radical (unpaired) electrons. The second-order valence-electron chi connectivity index (χ2n) is 2.45. The molecule has 1 heterocycles. The van der Waals surface area contributed by atoms with E-state index in [-0.39, 0.29) is 0 Å². The van der Waals surface area contributed by atoms with E-state index in [1.165, 1.54) is 10.6 Å². The summed E-state index contributed by atoms with van der Waals surface area (Å²) in [5, 5.41) is 2.41. The standard InChI is InChI=1S/C10H9N/c1-2-4-6-10-9(5-3-1)7-8-11-10/h1-8,11H/b2-1?,3-1?,4-2?,5-3?,6-4?,9-5-,10-6+. The third kappa shape index (κ3) is 1.17. The zero-order chi connectivity index (χ0) is 7.52. The molecular formula is C10H9N. The van der Waals surface area contributed by atoms with Crippen LogP contribution in [-0.2, 0) is 0 Å². The third-order valence-corrected chi connectivity index (χ3v) is 1.68. The second kappa shape index (κ2) is 2.62. The highest BCUT2D eigenvalue weighted by Crippen LogP contribution is 1.82. The smallest absolute Gasteiger partial charge is 0.0453 e. The number of fused-ring (bicyclic) bond motifs is 1. The van der Waals surface area contributed by atoms with Crippen molar-refractivity contribution < 1.29 is 0 Å². The highest BCUT2D eigenvalue weighted by Gasteiger charge is 1.82. The number of aromatic nitrogens is 1. The summed E-state index contributed by atoms with van der Waals surface area (Å²) < 4.78 is 0. The Kier molecular flexibility index (Phi) is 1.48. The number of hydrogen-bond acceptors (Lipinski definition) is 0. The molecule has 1 aromatic heterocycles. The van der Waals surface area contributed by atoms with Gasteiger partial charge in [0.15, 0.2) is 0 Å². The molecule has 0 saturated heterocycles. The largest absolute Gasteiger partial charge is 0.361 e. The number of aromatic amines is 1.